The minimum Gasteiger partial charge on any atom is -0.289 e. The number of carbonyl (C=O) groups is 3. The van der Waals surface area contributed by atoms with Gasteiger partial charge in [-0.3, -0.25) is 14.5 Å². The van der Waals surface area contributed by atoms with E-state index in [1.54, 1.807) is 50.2 Å². The van der Waals surface area contributed by atoms with Crippen LogP contribution in [0.15, 0.2) is 54.6 Å². The molecule has 5 nitrogen and oxygen atoms in total. The zero-order valence-electron chi connectivity index (χ0n) is 13.9. The Bertz CT molecular complexity index is 832. The van der Waals surface area contributed by atoms with E-state index in [2.05, 4.69) is 0 Å². The summed E-state index contributed by atoms with van der Waals surface area (Å²) in [6.45, 7) is 3.31. The molecule has 1 aliphatic heterocycles. The van der Waals surface area contributed by atoms with Crippen molar-refractivity contribution in [1.29, 1.82) is 0 Å². The highest BCUT2D eigenvalue weighted by Gasteiger charge is 2.50. The fourth-order valence-electron chi connectivity index (χ4n) is 2.69. The van der Waals surface area contributed by atoms with Crippen molar-refractivity contribution in [3.63, 3.8) is 0 Å². The molecule has 1 saturated heterocycles. The number of halogens is 1. The van der Waals surface area contributed by atoms with Crippen LogP contribution in [0.2, 0.25) is 0 Å². The second-order valence-corrected chi connectivity index (χ2v) is 6.74. The van der Waals surface area contributed by atoms with Gasteiger partial charge in [0.15, 0.2) is 5.78 Å². The number of urea groups is 1. The van der Waals surface area contributed by atoms with Crippen molar-refractivity contribution in [2.24, 2.45) is 0 Å². The van der Waals surface area contributed by atoms with Crippen LogP contribution < -0.4 is 0 Å². The van der Waals surface area contributed by atoms with Crippen LogP contribution >= 0.6 is 11.8 Å². The number of ketones is 1. The summed E-state index contributed by atoms with van der Waals surface area (Å²) in [7, 11) is 0. The normalized spacial score (nSPS) is 16.4. The maximum atomic E-state index is 12.4. The van der Waals surface area contributed by atoms with Gasteiger partial charge in [0.05, 0.1) is 6.54 Å². The largest absolute Gasteiger partial charge is 0.342 e. The zero-order chi connectivity index (χ0) is 18.2. The molecule has 0 bridgehead atoms. The van der Waals surface area contributed by atoms with Crippen LogP contribution in [0.25, 0.3) is 0 Å². The molecule has 0 aromatic heterocycles. The van der Waals surface area contributed by atoms with Crippen molar-refractivity contribution < 1.29 is 14.4 Å². The lowest BCUT2D eigenvalue weighted by Gasteiger charge is -2.19. The van der Waals surface area contributed by atoms with Gasteiger partial charge in [-0.1, -0.05) is 54.6 Å². The standard InChI is InChI=1S/C19H17ClN2O3/c1-19(2)17(24)21(18(25)22(19)20)12-13-8-10-15(11-9-13)16(23)14-6-4-3-5-7-14/h3-11H,12H2,1-2H3. The maximum Gasteiger partial charge on any atom is 0.342 e. The van der Waals surface area contributed by atoms with E-state index in [-0.39, 0.29) is 18.2 Å². The van der Waals surface area contributed by atoms with Crippen LogP contribution in [0, 0.1) is 0 Å². The molecule has 0 aliphatic carbocycles. The minimum absolute atomic E-state index is 0.0754. The topological polar surface area (TPSA) is 57.7 Å². The molecule has 0 radical (unpaired) electrons. The Morgan fingerprint density at radius 2 is 1.52 bits per heavy atom. The van der Waals surface area contributed by atoms with Crippen LogP contribution in [0.5, 0.6) is 0 Å². The minimum atomic E-state index is -1.07. The lowest BCUT2D eigenvalue weighted by atomic mass is 10.0. The summed E-state index contributed by atoms with van der Waals surface area (Å²) >= 11 is 5.92. The van der Waals surface area contributed by atoms with E-state index in [0.717, 1.165) is 14.9 Å². The van der Waals surface area contributed by atoms with Gasteiger partial charge in [0, 0.05) is 22.9 Å². The maximum absolute atomic E-state index is 12.4. The number of rotatable bonds is 4. The highest BCUT2D eigenvalue weighted by Crippen LogP contribution is 2.30. The monoisotopic (exact) mass is 356 g/mol. The Morgan fingerprint density at radius 1 is 0.960 bits per heavy atom. The van der Waals surface area contributed by atoms with Crippen LogP contribution in [0.1, 0.15) is 35.3 Å². The first-order chi connectivity index (χ1) is 11.8. The Balaban J connectivity index is 1.77. The Kier molecular flexibility index (Phi) is 4.35. The van der Waals surface area contributed by atoms with Crippen LogP contribution in [-0.4, -0.2) is 32.6 Å². The van der Waals surface area contributed by atoms with Gasteiger partial charge in [-0.2, -0.15) is 0 Å². The molecule has 0 atom stereocenters. The first kappa shape index (κ1) is 17.2. The van der Waals surface area contributed by atoms with E-state index in [4.69, 9.17) is 11.8 Å². The Labute approximate surface area is 150 Å². The van der Waals surface area contributed by atoms with E-state index in [9.17, 15) is 14.4 Å². The molecule has 25 heavy (non-hydrogen) atoms. The average Bonchev–Trinajstić information content (AvgIpc) is 2.77. The number of carbonyl (C=O) groups excluding carboxylic acids is 3. The average molecular weight is 357 g/mol. The number of hydrogen-bond donors (Lipinski definition) is 0. The second-order valence-electron chi connectivity index (χ2n) is 6.41. The number of imide groups is 1. The predicted molar refractivity (Wildman–Crippen MR) is 94.0 cm³/mol. The molecule has 0 spiro atoms. The highest BCUT2D eigenvalue weighted by molar-refractivity contribution is 6.27. The van der Waals surface area contributed by atoms with E-state index < -0.39 is 11.6 Å². The molecule has 0 saturated carbocycles. The van der Waals surface area contributed by atoms with Crippen molar-refractivity contribution in [2.45, 2.75) is 25.9 Å². The molecule has 1 fully saturated rings. The third-order valence-electron chi connectivity index (χ3n) is 4.25. The highest BCUT2D eigenvalue weighted by atomic mass is 35.5. The summed E-state index contributed by atoms with van der Waals surface area (Å²) in [5.74, 6) is -0.425. The van der Waals surface area contributed by atoms with Gasteiger partial charge in [-0.05, 0) is 19.4 Å². The van der Waals surface area contributed by atoms with Crippen molar-refractivity contribution in [3.05, 3.63) is 71.3 Å². The van der Waals surface area contributed by atoms with Crippen molar-refractivity contribution >= 4 is 29.5 Å². The van der Waals surface area contributed by atoms with E-state index in [1.165, 1.54) is 0 Å². The molecule has 3 rings (SSSR count). The van der Waals surface area contributed by atoms with Gasteiger partial charge >= 0.3 is 6.03 Å². The van der Waals surface area contributed by atoms with Gasteiger partial charge in [-0.25, -0.2) is 9.21 Å². The van der Waals surface area contributed by atoms with E-state index >= 15 is 0 Å². The van der Waals surface area contributed by atoms with Crippen LogP contribution in [0.3, 0.4) is 0 Å². The van der Waals surface area contributed by atoms with E-state index in [0.29, 0.717) is 11.1 Å². The van der Waals surface area contributed by atoms with Gasteiger partial charge < -0.3 is 0 Å². The molecule has 0 unspecified atom stereocenters. The van der Waals surface area contributed by atoms with E-state index in [1.807, 2.05) is 18.2 Å². The molecule has 1 heterocycles. The summed E-state index contributed by atoms with van der Waals surface area (Å²) in [6, 6.07) is 15.3. The third kappa shape index (κ3) is 3.03. The molecular formula is C19H17ClN2O3. The smallest absolute Gasteiger partial charge is 0.289 e. The van der Waals surface area contributed by atoms with Crippen molar-refractivity contribution in [2.75, 3.05) is 0 Å². The van der Waals surface area contributed by atoms with Crippen LogP contribution in [0.4, 0.5) is 4.79 Å². The lowest BCUT2D eigenvalue weighted by molar-refractivity contribution is -0.131. The fraction of sp³-hybridized carbons (Fsp3) is 0.211. The molecule has 0 N–H and O–H groups in total. The molecule has 6 heteroatoms. The molecular weight excluding hydrogens is 340 g/mol. The number of amides is 3. The van der Waals surface area contributed by atoms with Crippen LogP contribution in [-0.2, 0) is 11.3 Å². The lowest BCUT2D eigenvalue weighted by Crippen LogP contribution is -2.39. The Hall–Kier alpha value is -2.66. The molecule has 1 aliphatic rings. The molecule has 2 aromatic rings. The third-order valence-corrected chi connectivity index (χ3v) is 4.82. The van der Waals surface area contributed by atoms with Gasteiger partial charge in [0.1, 0.15) is 5.54 Å². The SMILES string of the molecule is CC1(C)C(=O)N(Cc2ccc(C(=O)c3ccccc3)cc2)C(=O)N1Cl. The van der Waals surface area contributed by atoms with Crippen molar-refractivity contribution in [3.8, 4) is 0 Å². The Morgan fingerprint density at radius 3 is 2.04 bits per heavy atom. The molecule has 3 amide bonds. The fourth-order valence-corrected chi connectivity index (χ4v) is 2.85. The summed E-state index contributed by atoms with van der Waals surface area (Å²) in [6.07, 6.45) is 0. The van der Waals surface area contributed by atoms with Crippen molar-refractivity contribution in [1.82, 2.24) is 9.32 Å². The summed E-state index contributed by atoms with van der Waals surface area (Å²) in [4.78, 5) is 38.0. The second kappa shape index (κ2) is 6.33. The summed E-state index contributed by atoms with van der Waals surface area (Å²) < 4.78 is 0.919. The number of benzene rings is 2. The molecule has 128 valence electrons. The first-order valence-corrected chi connectivity index (χ1v) is 8.17. The zero-order valence-corrected chi connectivity index (χ0v) is 14.7. The predicted octanol–water partition coefficient (Wildman–Crippen LogP) is 3.61. The summed E-state index contributed by atoms with van der Waals surface area (Å²) in [5, 5.41) is 0. The van der Waals surface area contributed by atoms with Gasteiger partial charge in [0.25, 0.3) is 5.91 Å². The number of hydrogen-bond acceptors (Lipinski definition) is 3. The molecule has 2 aromatic carbocycles. The van der Waals surface area contributed by atoms with Gasteiger partial charge in [-0.15, -0.1) is 0 Å². The quantitative estimate of drug-likeness (QED) is 0.477. The number of nitrogens with zero attached hydrogens (tertiary/aromatic N) is 2. The summed E-state index contributed by atoms with van der Waals surface area (Å²) in [5.41, 5.74) is 0.837. The first-order valence-electron chi connectivity index (χ1n) is 7.83. The van der Waals surface area contributed by atoms with Gasteiger partial charge in [0.2, 0.25) is 0 Å².